The number of fused-ring (bicyclic) bond motifs is 7. The van der Waals surface area contributed by atoms with Crippen LogP contribution in [0.15, 0.2) is 85.7 Å². The molecule has 0 amide bonds. The average Bonchev–Trinajstić information content (AvgIpc) is 3.68. The normalized spacial score (nSPS) is 30.3. The van der Waals surface area contributed by atoms with Crippen molar-refractivity contribution in [3.8, 4) is 0 Å². The molecular formula is C52H78Cl2NO6+. The molecule has 8 unspecified atom stereocenters. The number of carbonyl (C=O) groups excluding carboxylic acids is 1. The topological polar surface area (TPSA) is 118 Å². The molecule has 8 atom stereocenters. The van der Waals surface area contributed by atoms with Crippen molar-refractivity contribution in [3.05, 3.63) is 96.3 Å². The van der Waals surface area contributed by atoms with Gasteiger partial charge in [0.1, 0.15) is 11.0 Å². The molecule has 340 valence electrons. The summed E-state index contributed by atoms with van der Waals surface area (Å²) < 4.78 is 11.4. The summed E-state index contributed by atoms with van der Waals surface area (Å²) in [6, 6.07) is 7.74. The molecule has 0 saturated heterocycles. The third kappa shape index (κ3) is 11.4. The van der Waals surface area contributed by atoms with E-state index in [2.05, 4.69) is 67.9 Å². The predicted molar refractivity (Wildman–Crippen MR) is 257 cm³/mol. The molecule has 4 saturated carbocycles. The molecule has 0 spiro atoms. The lowest BCUT2D eigenvalue weighted by Gasteiger charge is -2.64. The fourth-order valence-electron chi connectivity index (χ4n) is 11.7. The van der Waals surface area contributed by atoms with Crippen LogP contribution in [-0.2, 0) is 14.3 Å². The van der Waals surface area contributed by atoms with Crippen LogP contribution in [-0.4, -0.2) is 51.9 Å². The van der Waals surface area contributed by atoms with Crippen LogP contribution in [0.25, 0.3) is 0 Å². The Hall–Kier alpha value is -3.35. The van der Waals surface area contributed by atoms with E-state index in [-0.39, 0.29) is 23.5 Å². The van der Waals surface area contributed by atoms with Gasteiger partial charge in [0.15, 0.2) is 5.78 Å². The number of aliphatic hydroxyl groups excluding tert-OH is 2. The Labute approximate surface area is 378 Å². The standard InChI is InChI=1S/C34H43ClNO2.C7H12O3.C4H7Cl.C4H8.C2H4.CH4O/c1-19(2)28-26(37)18-34(31-36-30(38-31)22-8-6-7-9-25(22)35)17-14-24-21(29(28)34)10-11-27-32(4)15-12-20(3)23(32)13-16-33(24,27)5;1-5(8)7(2,3)4-6(9)10;1-2-3-4-5;1-3-4-2;2*1-2/h6-9,19-21,23-24,27H,10-18H2,1-5H3;8H,1,4H2,2-3H3,(H,9,10);2-3H,4H2,1H3;3H,1,4H2,2H3;1-2H2;2H,1H3/q+1;;;;;/b;;3-2-;;;. The number of allylic oxidation sites excluding steroid dienone is 5. The van der Waals surface area contributed by atoms with E-state index in [1.54, 1.807) is 13.8 Å². The number of nitrogens with zero attached hydrogens (tertiary/aromatic N) is 1. The minimum atomic E-state index is -0.930. The van der Waals surface area contributed by atoms with Gasteiger partial charge in [-0.1, -0.05) is 104 Å². The third-order valence-electron chi connectivity index (χ3n) is 14.7. The Morgan fingerprint density at radius 2 is 1.57 bits per heavy atom. The van der Waals surface area contributed by atoms with Crippen LogP contribution >= 0.6 is 23.2 Å². The number of ether oxygens (including phenoxy) is 1. The highest BCUT2D eigenvalue weighted by atomic mass is 35.5. The molecule has 4 fully saturated rings. The Bertz CT molecular complexity index is 1820. The Balaban J connectivity index is 0.000000464. The van der Waals surface area contributed by atoms with Crippen LogP contribution in [0.3, 0.4) is 0 Å². The van der Waals surface area contributed by atoms with Gasteiger partial charge < -0.3 is 20.1 Å². The molecule has 7 nitrogen and oxygen atoms in total. The van der Waals surface area contributed by atoms with Crippen molar-refractivity contribution in [2.75, 3.05) is 13.0 Å². The van der Waals surface area contributed by atoms with E-state index >= 15 is 0 Å². The molecule has 1 aromatic rings. The van der Waals surface area contributed by atoms with E-state index in [9.17, 15) is 9.59 Å². The van der Waals surface area contributed by atoms with Crippen LogP contribution in [0.2, 0.25) is 5.02 Å². The van der Waals surface area contributed by atoms with Gasteiger partial charge in [-0.15, -0.1) is 31.3 Å². The maximum absolute atomic E-state index is 13.7. The number of hydrogen-bond donors (Lipinski definition) is 3. The number of aliphatic hydroxyl groups is 2. The monoisotopic (exact) mass is 883 g/mol. The van der Waals surface area contributed by atoms with E-state index in [0.29, 0.717) is 51.7 Å². The fraction of sp³-hybridized carbons (Fsp3) is 0.615. The lowest BCUT2D eigenvalue weighted by Crippen LogP contribution is -2.58. The molecule has 1 aromatic carbocycles. The fourth-order valence-corrected chi connectivity index (χ4v) is 12.1. The highest BCUT2D eigenvalue weighted by molar-refractivity contribution is 6.34. The second kappa shape index (κ2) is 23.4. The third-order valence-corrected chi connectivity index (χ3v) is 15.2. The number of carbonyl (C=O) groups is 2. The van der Waals surface area contributed by atoms with Crippen molar-refractivity contribution in [2.45, 2.75) is 133 Å². The van der Waals surface area contributed by atoms with E-state index < -0.39 is 11.4 Å². The number of halogens is 2. The molecule has 3 N–H and O–H groups in total. The maximum Gasteiger partial charge on any atom is 0.511 e. The lowest BCUT2D eigenvalue weighted by molar-refractivity contribution is -0.139. The van der Waals surface area contributed by atoms with Crippen LogP contribution in [0.5, 0.6) is 0 Å². The van der Waals surface area contributed by atoms with Crippen LogP contribution in [0.1, 0.15) is 139 Å². The predicted octanol–water partition coefficient (Wildman–Crippen LogP) is 13.1. The molecule has 61 heavy (non-hydrogen) atoms. The number of carboxylic acids is 1. The zero-order chi connectivity index (χ0) is 46.5. The summed E-state index contributed by atoms with van der Waals surface area (Å²) >= 11 is 11.7. The van der Waals surface area contributed by atoms with Gasteiger partial charge in [0.05, 0.1) is 17.2 Å². The summed E-state index contributed by atoms with van der Waals surface area (Å²) in [6.07, 6.45) is 17.5. The Kier molecular flexibility index (Phi) is 20.6. The number of hydrogen-bond acceptors (Lipinski definition) is 5. The summed E-state index contributed by atoms with van der Waals surface area (Å²) in [5.41, 5.74) is 3.16. The number of Topliss-reactive ketones (excluding diaryl/α,β-unsaturated/α-hetero) is 1. The van der Waals surface area contributed by atoms with E-state index in [0.717, 1.165) is 54.7 Å². The van der Waals surface area contributed by atoms with Crippen molar-refractivity contribution in [2.24, 2.45) is 57.2 Å². The molecule has 7 rings (SSSR count). The molecule has 5 aliphatic carbocycles. The second-order valence-corrected chi connectivity index (χ2v) is 19.6. The summed E-state index contributed by atoms with van der Waals surface area (Å²) in [4.78, 5) is 23.9. The molecule has 6 aliphatic rings. The van der Waals surface area contributed by atoms with Gasteiger partial charge in [-0.3, -0.25) is 9.59 Å². The molecule has 1 heterocycles. The molecule has 0 aromatic heterocycles. The van der Waals surface area contributed by atoms with Gasteiger partial charge in [-0.2, -0.15) is 0 Å². The van der Waals surface area contributed by atoms with Gasteiger partial charge in [0.25, 0.3) is 0 Å². The first kappa shape index (κ1) is 53.8. The first-order chi connectivity index (χ1) is 28.8. The van der Waals surface area contributed by atoms with Gasteiger partial charge in [0.2, 0.25) is 0 Å². The Morgan fingerprint density at radius 1 is 1.02 bits per heavy atom. The van der Waals surface area contributed by atoms with Crippen molar-refractivity contribution in [1.29, 1.82) is 0 Å². The van der Waals surface area contributed by atoms with Gasteiger partial charge in [0, 0.05) is 24.8 Å². The Morgan fingerprint density at radius 3 is 2.05 bits per heavy atom. The summed E-state index contributed by atoms with van der Waals surface area (Å²) in [5, 5.41) is 24.9. The quantitative estimate of drug-likeness (QED) is 0.104. The van der Waals surface area contributed by atoms with Gasteiger partial charge in [-0.05, 0) is 139 Å². The second-order valence-electron chi connectivity index (χ2n) is 18.8. The molecule has 1 aliphatic heterocycles. The summed E-state index contributed by atoms with van der Waals surface area (Å²) in [6.45, 7) is 32.3. The molecular weight excluding hydrogens is 805 g/mol. The first-order valence-corrected chi connectivity index (χ1v) is 23.2. The lowest BCUT2D eigenvalue weighted by atomic mass is 9.40. The minimum absolute atomic E-state index is 0.0881. The average molecular weight is 884 g/mol. The molecule has 0 radical (unpaired) electrons. The van der Waals surface area contributed by atoms with E-state index in [4.69, 9.17) is 47.9 Å². The van der Waals surface area contributed by atoms with Gasteiger partial charge >= 0.3 is 17.8 Å². The van der Waals surface area contributed by atoms with Crippen LogP contribution in [0, 0.1) is 57.2 Å². The van der Waals surface area contributed by atoms with E-state index in [1.807, 2.05) is 49.4 Å². The minimum Gasteiger partial charge on any atom is -0.512 e. The van der Waals surface area contributed by atoms with Crippen molar-refractivity contribution >= 4 is 46.7 Å². The number of ketones is 1. The zero-order valence-corrected chi connectivity index (χ0v) is 40.6. The number of alkyl halides is 1. The highest BCUT2D eigenvalue weighted by Crippen LogP contribution is 2.72. The highest BCUT2D eigenvalue weighted by Gasteiger charge is 2.69. The number of rotatable bonds is 8. The van der Waals surface area contributed by atoms with Crippen LogP contribution < -0.4 is 4.67 Å². The van der Waals surface area contributed by atoms with Gasteiger partial charge in [-0.25, -0.2) is 0 Å². The maximum atomic E-state index is 13.7. The zero-order valence-electron chi connectivity index (χ0n) is 39.1. The number of aliphatic carboxylic acids is 1. The summed E-state index contributed by atoms with van der Waals surface area (Å²) in [7, 11) is 1.00. The first-order valence-electron chi connectivity index (χ1n) is 22.3. The molecule has 0 bridgehead atoms. The molecule has 9 heteroatoms. The SMILES string of the molecule is C/C=C\CCl.C=C.C=C(O)C(C)(C)CC(=O)O.C=CCC.CC(C)C1=C2C3CCC4C5(C)CCC(C)C5CCC4(C)C3CCC2(C2=[N+]=C(c3ccccc3Cl)O2)CC1=O.CO. The largest absolute Gasteiger partial charge is 0.512 e. The number of carboxylic acid groups (broad SMARTS) is 1. The summed E-state index contributed by atoms with van der Waals surface area (Å²) in [5.74, 6) is 5.28. The smallest absolute Gasteiger partial charge is 0.511 e. The van der Waals surface area contributed by atoms with E-state index in [1.165, 1.54) is 50.5 Å². The van der Waals surface area contributed by atoms with Crippen LogP contribution in [0.4, 0.5) is 0 Å². The van der Waals surface area contributed by atoms with Crippen molar-refractivity contribution in [3.63, 3.8) is 0 Å². The van der Waals surface area contributed by atoms with Crippen molar-refractivity contribution in [1.82, 2.24) is 4.67 Å². The number of benzene rings is 1. The van der Waals surface area contributed by atoms with Crippen molar-refractivity contribution < 1.29 is 29.6 Å².